The van der Waals surface area contributed by atoms with Gasteiger partial charge in [-0.25, -0.2) is 4.98 Å². The van der Waals surface area contributed by atoms with Crippen molar-refractivity contribution < 1.29 is 14.3 Å². The molecule has 0 spiro atoms. The topological polar surface area (TPSA) is 59.5 Å². The van der Waals surface area contributed by atoms with Crippen LogP contribution in [-0.2, 0) is 16.0 Å². The normalized spacial score (nSPS) is 26.4. The predicted molar refractivity (Wildman–Crippen MR) is 104 cm³/mol. The zero-order chi connectivity index (χ0) is 19.0. The highest BCUT2D eigenvalue weighted by atomic mass is 32.1. The van der Waals surface area contributed by atoms with Crippen LogP contribution in [0.2, 0.25) is 0 Å². The monoisotopic (exact) mass is 384 g/mol. The first-order valence-corrected chi connectivity index (χ1v) is 10.4. The number of rotatable bonds is 5. The largest absolute Gasteiger partial charge is 0.465 e. The maximum Gasteiger partial charge on any atom is 0.314 e. The van der Waals surface area contributed by atoms with Crippen LogP contribution in [-0.4, -0.2) is 40.5 Å². The molecule has 0 N–H and O–H groups in total. The number of ether oxygens (including phenoxy) is 1. The molecular formula is C21H24N2O3S. The first-order chi connectivity index (χ1) is 13.1. The molecule has 0 saturated carbocycles. The molecule has 2 aromatic rings. The quantitative estimate of drug-likeness (QED) is 0.739. The van der Waals surface area contributed by atoms with E-state index in [-0.39, 0.29) is 24.0 Å². The van der Waals surface area contributed by atoms with Gasteiger partial charge in [0.1, 0.15) is 4.88 Å². The number of benzene rings is 1. The Morgan fingerprint density at radius 3 is 2.74 bits per heavy atom. The highest BCUT2D eigenvalue weighted by molar-refractivity contribution is 7.11. The van der Waals surface area contributed by atoms with E-state index in [1.807, 2.05) is 49.1 Å². The van der Waals surface area contributed by atoms with Gasteiger partial charge in [0.15, 0.2) is 0 Å². The number of fused-ring (bicyclic) bond motifs is 2. The Bertz CT molecular complexity index is 850. The van der Waals surface area contributed by atoms with E-state index in [2.05, 4.69) is 4.98 Å². The van der Waals surface area contributed by atoms with Crippen LogP contribution < -0.4 is 0 Å². The number of nitrogens with zero attached hydrogens (tertiary/aromatic N) is 2. The van der Waals surface area contributed by atoms with Crippen molar-refractivity contribution in [2.24, 2.45) is 5.41 Å². The molecule has 2 saturated heterocycles. The Kier molecular flexibility index (Phi) is 4.76. The summed E-state index contributed by atoms with van der Waals surface area (Å²) in [6, 6.07) is 10.0. The molecule has 1 aromatic carbocycles. The minimum Gasteiger partial charge on any atom is -0.465 e. The van der Waals surface area contributed by atoms with Gasteiger partial charge in [-0.2, -0.15) is 0 Å². The third kappa shape index (κ3) is 2.96. The molecule has 2 fully saturated rings. The summed E-state index contributed by atoms with van der Waals surface area (Å²) in [5, 5.41) is 0. The number of amides is 1. The van der Waals surface area contributed by atoms with Gasteiger partial charge in [-0.15, -0.1) is 11.3 Å². The molecule has 2 aliphatic rings. The summed E-state index contributed by atoms with van der Waals surface area (Å²) >= 11 is 1.38. The van der Waals surface area contributed by atoms with Crippen LogP contribution in [0.15, 0.2) is 35.8 Å². The molecule has 1 aromatic heterocycles. The number of hydrogen-bond acceptors (Lipinski definition) is 5. The average molecular weight is 385 g/mol. The van der Waals surface area contributed by atoms with Gasteiger partial charge in [0.25, 0.3) is 5.91 Å². The van der Waals surface area contributed by atoms with Gasteiger partial charge in [-0.1, -0.05) is 30.3 Å². The van der Waals surface area contributed by atoms with E-state index >= 15 is 0 Å². The lowest BCUT2D eigenvalue weighted by Crippen LogP contribution is -2.47. The van der Waals surface area contributed by atoms with Crippen molar-refractivity contribution in [3.63, 3.8) is 0 Å². The standard InChI is InChI=1S/C21H24N2O3S/c1-3-26-20(25)21(11-15-7-5-4-6-8-15)12-16-9-10-17(21)23(16)19(24)18-14(2)22-13-27-18/h4-8,13,16-17H,3,9-12H2,1-2H3/t16-,17+,21+/m1/s1. The van der Waals surface area contributed by atoms with E-state index in [1.54, 1.807) is 5.51 Å². The summed E-state index contributed by atoms with van der Waals surface area (Å²) in [7, 11) is 0. The first-order valence-electron chi connectivity index (χ1n) is 9.50. The minimum atomic E-state index is -0.658. The molecule has 4 rings (SSSR count). The molecular weight excluding hydrogens is 360 g/mol. The smallest absolute Gasteiger partial charge is 0.314 e. The van der Waals surface area contributed by atoms with E-state index < -0.39 is 5.41 Å². The van der Waals surface area contributed by atoms with Gasteiger partial charge in [0.05, 0.1) is 23.2 Å². The fourth-order valence-corrected chi connectivity index (χ4v) is 5.58. The van der Waals surface area contributed by atoms with Gasteiger partial charge in [0.2, 0.25) is 0 Å². The lowest BCUT2D eigenvalue weighted by atomic mass is 9.70. The van der Waals surface area contributed by atoms with Crippen LogP contribution in [0.3, 0.4) is 0 Å². The second-order valence-electron chi connectivity index (χ2n) is 7.47. The lowest BCUT2D eigenvalue weighted by Gasteiger charge is -2.35. The maximum atomic E-state index is 13.3. The van der Waals surface area contributed by atoms with Gasteiger partial charge in [0, 0.05) is 12.1 Å². The van der Waals surface area contributed by atoms with E-state index in [4.69, 9.17) is 4.74 Å². The fourth-order valence-electron chi connectivity index (χ4n) is 4.83. The number of aryl methyl sites for hydroxylation is 1. The van der Waals surface area contributed by atoms with Crippen LogP contribution in [0.5, 0.6) is 0 Å². The third-order valence-corrected chi connectivity index (χ3v) is 6.88. The lowest BCUT2D eigenvalue weighted by molar-refractivity contribution is -0.157. The molecule has 3 atom stereocenters. The summed E-state index contributed by atoms with van der Waals surface area (Å²) in [6.07, 6.45) is 3.08. The predicted octanol–water partition coefficient (Wildman–Crippen LogP) is 3.62. The van der Waals surface area contributed by atoms with Crippen LogP contribution >= 0.6 is 11.3 Å². The summed E-state index contributed by atoms with van der Waals surface area (Å²) in [6.45, 7) is 4.06. The third-order valence-electron chi connectivity index (χ3n) is 5.96. The van der Waals surface area contributed by atoms with Gasteiger partial charge in [-0.3, -0.25) is 9.59 Å². The first kappa shape index (κ1) is 18.2. The number of esters is 1. The SMILES string of the molecule is CCOC(=O)[C@@]1(Cc2ccccc2)C[C@H]2CC[C@@H]1N2C(=O)c1scnc1C. The molecule has 27 heavy (non-hydrogen) atoms. The molecule has 1 amide bonds. The number of aromatic nitrogens is 1. The molecule has 2 aliphatic heterocycles. The zero-order valence-electron chi connectivity index (χ0n) is 15.7. The molecule has 0 unspecified atom stereocenters. The van der Waals surface area contributed by atoms with Gasteiger partial charge in [-0.05, 0) is 45.1 Å². The molecule has 3 heterocycles. The summed E-state index contributed by atoms with van der Waals surface area (Å²) in [5.41, 5.74) is 2.93. The van der Waals surface area contributed by atoms with Crippen molar-refractivity contribution in [2.75, 3.05) is 6.61 Å². The Labute approximate surface area is 163 Å². The van der Waals surface area contributed by atoms with E-state index in [0.717, 1.165) is 24.1 Å². The van der Waals surface area contributed by atoms with E-state index in [0.29, 0.717) is 24.3 Å². The van der Waals surface area contributed by atoms with Gasteiger partial charge >= 0.3 is 5.97 Å². The highest BCUT2D eigenvalue weighted by Gasteiger charge is 2.62. The van der Waals surface area contributed by atoms with Crippen molar-refractivity contribution in [2.45, 2.75) is 51.6 Å². The molecule has 142 valence electrons. The minimum absolute atomic E-state index is 0.0155. The fraction of sp³-hybridized carbons (Fsp3) is 0.476. The number of thiazole rings is 1. The molecule has 0 aliphatic carbocycles. The second kappa shape index (κ2) is 7.08. The van der Waals surface area contributed by atoms with Crippen molar-refractivity contribution in [1.29, 1.82) is 0 Å². The second-order valence-corrected chi connectivity index (χ2v) is 8.32. The summed E-state index contributed by atoms with van der Waals surface area (Å²) < 4.78 is 5.51. The Morgan fingerprint density at radius 2 is 2.07 bits per heavy atom. The molecule has 6 heteroatoms. The molecule has 5 nitrogen and oxygen atoms in total. The van der Waals surface area contributed by atoms with Crippen molar-refractivity contribution in [3.05, 3.63) is 52.0 Å². The Hall–Kier alpha value is -2.21. The number of carbonyl (C=O) groups excluding carboxylic acids is 2. The molecule has 0 radical (unpaired) electrons. The Morgan fingerprint density at radius 1 is 1.30 bits per heavy atom. The summed E-state index contributed by atoms with van der Waals surface area (Å²) in [5.74, 6) is -0.151. The van der Waals surface area contributed by atoms with Crippen LogP contribution in [0.1, 0.15) is 47.1 Å². The van der Waals surface area contributed by atoms with Crippen molar-refractivity contribution >= 4 is 23.2 Å². The van der Waals surface area contributed by atoms with Gasteiger partial charge < -0.3 is 9.64 Å². The number of carbonyl (C=O) groups is 2. The van der Waals surface area contributed by atoms with Crippen LogP contribution in [0.25, 0.3) is 0 Å². The average Bonchev–Trinajstić information content (AvgIpc) is 3.35. The van der Waals surface area contributed by atoms with Crippen LogP contribution in [0, 0.1) is 12.3 Å². The van der Waals surface area contributed by atoms with Crippen molar-refractivity contribution in [1.82, 2.24) is 9.88 Å². The summed E-state index contributed by atoms with van der Waals surface area (Å²) in [4.78, 5) is 33.2. The zero-order valence-corrected chi connectivity index (χ0v) is 16.5. The van der Waals surface area contributed by atoms with Crippen molar-refractivity contribution in [3.8, 4) is 0 Å². The maximum absolute atomic E-state index is 13.3. The van der Waals surface area contributed by atoms with E-state index in [9.17, 15) is 9.59 Å². The Balaban J connectivity index is 1.70. The number of hydrogen-bond donors (Lipinski definition) is 0. The van der Waals surface area contributed by atoms with Crippen LogP contribution in [0.4, 0.5) is 0 Å². The highest BCUT2D eigenvalue weighted by Crippen LogP contribution is 2.53. The van der Waals surface area contributed by atoms with E-state index in [1.165, 1.54) is 11.3 Å². The molecule has 2 bridgehead atoms.